The number of terminal acetylenes is 1. The summed E-state index contributed by atoms with van der Waals surface area (Å²) in [6.07, 6.45) is 6.54. The van der Waals surface area contributed by atoms with Crippen molar-refractivity contribution < 1.29 is 9.84 Å². The number of hydrogen-bond acceptors (Lipinski definition) is 3. The fraction of sp³-hybridized carbons (Fsp3) is 0.800. The fourth-order valence-corrected chi connectivity index (χ4v) is 1.47. The zero-order chi connectivity index (χ0) is 9.68. The van der Waals surface area contributed by atoms with Gasteiger partial charge in [0.1, 0.15) is 0 Å². The molecule has 0 radical (unpaired) electrons. The standard InChI is InChI=1S/C10H17NO2/c1-3-5-8(4-2)11-9-6-13-7-10(9)12/h1,8-12H,4-7H2,2H3. The minimum absolute atomic E-state index is 0.0540. The maximum absolute atomic E-state index is 9.46. The van der Waals surface area contributed by atoms with E-state index in [0.717, 1.165) is 6.42 Å². The molecule has 0 bridgehead atoms. The van der Waals surface area contributed by atoms with E-state index in [0.29, 0.717) is 25.7 Å². The topological polar surface area (TPSA) is 41.5 Å². The van der Waals surface area contributed by atoms with E-state index in [9.17, 15) is 5.11 Å². The van der Waals surface area contributed by atoms with Crippen LogP contribution in [0.1, 0.15) is 19.8 Å². The van der Waals surface area contributed by atoms with Crippen molar-refractivity contribution in [1.82, 2.24) is 5.32 Å². The van der Waals surface area contributed by atoms with Gasteiger partial charge in [0.15, 0.2) is 0 Å². The summed E-state index contributed by atoms with van der Waals surface area (Å²) < 4.78 is 5.13. The van der Waals surface area contributed by atoms with E-state index in [4.69, 9.17) is 11.2 Å². The molecular formula is C10H17NO2. The number of hydrogen-bond donors (Lipinski definition) is 2. The van der Waals surface area contributed by atoms with Crippen molar-refractivity contribution in [2.24, 2.45) is 0 Å². The molecule has 1 fully saturated rings. The molecule has 0 aromatic carbocycles. The maximum atomic E-state index is 9.46. The molecule has 0 amide bonds. The van der Waals surface area contributed by atoms with Crippen LogP contribution in [0.2, 0.25) is 0 Å². The van der Waals surface area contributed by atoms with E-state index in [1.165, 1.54) is 0 Å². The lowest BCUT2D eigenvalue weighted by Gasteiger charge is -2.21. The van der Waals surface area contributed by atoms with Crippen LogP contribution in [-0.2, 0) is 4.74 Å². The Bertz CT molecular complexity index is 188. The lowest BCUT2D eigenvalue weighted by Crippen LogP contribution is -2.44. The number of nitrogens with one attached hydrogen (secondary N) is 1. The third-order valence-electron chi connectivity index (χ3n) is 2.36. The highest BCUT2D eigenvalue weighted by atomic mass is 16.5. The lowest BCUT2D eigenvalue weighted by molar-refractivity contribution is 0.121. The van der Waals surface area contributed by atoms with Gasteiger partial charge in [0, 0.05) is 12.5 Å². The van der Waals surface area contributed by atoms with Gasteiger partial charge in [-0.25, -0.2) is 0 Å². The van der Waals surface area contributed by atoms with Crippen LogP contribution in [0.25, 0.3) is 0 Å². The largest absolute Gasteiger partial charge is 0.389 e. The van der Waals surface area contributed by atoms with Gasteiger partial charge in [0.25, 0.3) is 0 Å². The smallest absolute Gasteiger partial charge is 0.0948 e. The van der Waals surface area contributed by atoms with E-state index in [1.807, 2.05) is 0 Å². The van der Waals surface area contributed by atoms with Crippen LogP contribution in [0.3, 0.4) is 0 Å². The van der Waals surface area contributed by atoms with Gasteiger partial charge in [0.05, 0.1) is 25.4 Å². The molecule has 3 atom stereocenters. The summed E-state index contributed by atoms with van der Waals surface area (Å²) >= 11 is 0. The number of aliphatic hydroxyl groups is 1. The number of ether oxygens (including phenoxy) is 1. The highest BCUT2D eigenvalue weighted by Crippen LogP contribution is 2.08. The van der Waals surface area contributed by atoms with E-state index < -0.39 is 0 Å². The summed E-state index contributed by atoms with van der Waals surface area (Å²) in [5.41, 5.74) is 0. The summed E-state index contributed by atoms with van der Waals surface area (Å²) in [5.74, 6) is 2.62. The van der Waals surface area contributed by atoms with Gasteiger partial charge in [-0.1, -0.05) is 6.92 Å². The molecule has 3 unspecified atom stereocenters. The summed E-state index contributed by atoms with van der Waals surface area (Å²) in [4.78, 5) is 0. The van der Waals surface area contributed by atoms with Crippen molar-refractivity contribution in [1.29, 1.82) is 0 Å². The molecule has 0 saturated carbocycles. The normalized spacial score (nSPS) is 29.9. The van der Waals surface area contributed by atoms with Crippen molar-refractivity contribution in [3.05, 3.63) is 0 Å². The van der Waals surface area contributed by atoms with Crippen LogP contribution in [0.5, 0.6) is 0 Å². The Morgan fingerprint density at radius 3 is 2.92 bits per heavy atom. The molecule has 0 aromatic heterocycles. The van der Waals surface area contributed by atoms with Gasteiger partial charge in [-0.3, -0.25) is 0 Å². The molecule has 0 spiro atoms. The summed E-state index contributed by atoms with van der Waals surface area (Å²) in [6, 6.07) is 0.352. The Labute approximate surface area is 79.5 Å². The molecule has 3 heteroatoms. The van der Waals surface area contributed by atoms with Crippen LogP contribution in [0, 0.1) is 12.3 Å². The zero-order valence-electron chi connectivity index (χ0n) is 7.99. The van der Waals surface area contributed by atoms with Gasteiger partial charge in [-0.15, -0.1) is 12.3 Å². The molecule has 2 N–H and O–H groups in total. The predicted octanol–water partition coefficient (Wildman–Crippen LogP) is 0.138. The SMILES string of the molecule is C#CCC(CC)NC1COCC1O. The molecule has 3 nitrogen and oxygen atoms in total. The van der Waals surface area contributed by atoms with E-state index in [-0.39, 0.29) is 12.1 Å². The maximum Gasteiger partial charge on any atom is 0.0948 e. The monoisotopic (exact) mass is 183 g/mol. The third-order valence-corrected chi connectivity index (χ3v) is 2.36. The first-order valence-corrected chi connectivity index (χ1v) is 4.73. The molecule has 0 aliphatic carbocycles. The third kappa shape index (κ3) is 3.00. The van der Waals surface area contributed by atoms with E-state index >= 15 is 0 Å². The number of aliphatic hydroxyl groups excluding tert-OH is 1. The van der Waals surface area contributed by atoms with Crippen molar-refractivity contribution in [2.75, 3.05) is 13.2 Å². The van der Waals surface area contributed by atoms with Gasteiger partial charge < -0.3 is 15.2 Å². The summed E-state index contributed by atoms with van der Waals surface area (Å²) in [7, 11) is 0. The second-order valence-electron chi connectivity index (χ2n) is 3.39. The zero-order valence-corrected chi connectivity index (χ0v) is 7.99. The Balaban J connectivity index is 2.32. The first-order valence-electron chi connectivity index (χ1n) is 4.73. The van der Waals surface area contributed by atoms with Crippen LogP contribution < -0.4 is 5.32 Å². The van der Waals surface area contributed by atoms with Gasteiger partial charge in [0.2, 0.25) is 0 Å². The van der Waals surface area contributed by atoms with Crippen LogP contribution in [0.4, 0.5) is 0 Å². The van der Waals surface area contributed by atoms with E-state index in [1.54, 1.807) is 0 Å². The molecule has 0 aromatic rings. The van der Waals surface area contributed by atoms with Crippen LogP contribution >= 0.6 is 0 Å². The quantitative estimate of drug-likeness (QED) is 0.609. The average Bonchev–Trinajstić information content (AvgIpc) is 2.51. The van der Waals surface area contributed by atoms with Gasteiger partial charge >= 0.3 is 0 Å². The first-order chi connectivity index (χ1) is 6.27. The Hall–Kier alpha value is -0.560. The highest BCUT2D eigenvalue weighted by molar-refractivity contribution is 4.92. The minimum atomic E-state index is -0.383. The molecule has 74 valence electrons. The van der Waals surface area contributed by atoms with Crippen molar-refractivity contribution in [2.45, 2.75) is 38.0 Å². The fourth-order valence-electron chi connectivity index (χ4n) is 1.47. The Morgan fingerprint density at radius 2 is 2.46 bits per heavy atom. The van der Waals surface area contributed by atoms with Crippen LogP contribution in [-0.4, -0.2) is 36.5 Å². The van der Waals surface area contributed by atoms with Gasteiger partial charge in [-0.2, -0.15) is 0 Å². The Morgan fingerprint density at radius 1 is 1.69 bits per heavy atom. The molecule has 1 aliphatic rings. The molecule has 13 heavy (non-hydrogen) atoms. The molecule has 1 saturated heterocycles. The molecular weight excluding hydrogens is 166 g/mol. The summed E-state index contributed by atoms with van der Waals surface area (Å²) in [6.45, 7) is 3.10. The predicted molar refractivity (Wildman–Crippen MR) is 51.3 cm³/mol. The molecule has 1 heterocycles. The summed E-state index contributed by atoms with van der Waals surface area (Å²) in [5, 5.41) is 12.8. The molecule has 1 aliphatic heterocycles. The van der Waals surface area contributed by atoms with Crippen molar-refractivity contribution >= 4 is 0 Å². The Kier molecular flexibility index (Phi) is 4.23. The molecule has 1 rings (SSSR count). The van der Waals surface area contributed by atoms with E-state index in [2.05, 4.69) is 18.2 Å². The average molecular weight is 183 g/mol. The van der Waals surface area contributed by atoms with Crippen molar-refractivity contribution in [3.8, 4) is 12.3 Å². The number of rotatable bonds is 4. The highest BCUT2D eigenvalue weighted by Gasteiger charge is 2.27. The first kappa shape index (κ1) is 10.5. The van der Waals surface area contributed by atoms with Crippen LogP contribution in [0.15, 0.2) is 0 Å². The second-order valence-corrected chi connectivity index (χ2v) is 3.39. The van der Waals surface area contributed by atoms with Crippen molar-refractivity contribution in [3.63, 3.8) is 0 Å². The second kappa shape index (κ2) is 5.23. The van der Waals surface area contributed by atoms with Gasteiger partial charge in [-0.05, 0) is 6.42 Å². The lowest BCUT2D eigenvalue weighted by atomic mass is 10.1. The minimum Gasteiger partial charge on any atom is -0.389 e.